The quantitative estimate of drug-likeness (QED) is 0.422. The highest BCUT2D eigenvalue weighted by molar-refractivity contribution is 6.53. The molecule has 0 aromatic carbocycles. The molecule has 0 aromatic heterocycles. The highest BCUT2D eigenvalue weighted by Crippen LogP contribution is 2.12. The van der Waals surface area contributed by atoms with Gasteiger partial charge in [0.2, 0.25) is 0 Å². The lowest BCUT2D eigenvalue weighted by Crippen LogP contribution is -2.49. The first kappa shape index (κ1) is 17.5. The summed E-state index contributed by atoms with van der Waals surface area (Å²) in [5, 5.41) is 0. The van der Waals surface area contributed by atoms with E-state index in [1.54, 1.807) is 6.92 Å². The minimum absolute atomic E-state index is 0.163. The van der Waals surface area contributed by atoms with Crippen LogP contribution in [0.1, 0.15) is 34.1 Å². The molecule has 7 heteroatoms. The van der Waals surface area contributed by atoms with Crippen molar-refractivity contribution in [2.45, 2.75) is 34.1 Å². The zero-order valence-electron chi connectivity index (χ0n) is 11.7. The lowest BCUT2D eigenvalue weighted by molar-refractivity contribution is -0.144. The number of carbonyl (C=O) groups is 1. The summed E-state index contributed by atoms with van der Waals surface area (Å²) in [5.74, 6) is -0.301. The summed E-state index contributed by atoms with van der Waals surface area (Å²) in [5.41, 5.74) is 0. The SMILES string of the molecule is CCOC(=O)CCO[Si](OCC)(OCC)OCC. The highest BCUT2D eigenvalue weighted by atomic mass is 28.4. The molecule has 6 nitrogen and oxygen atoms in total. The van der Waals surface area contributed by atoms with Gasteiger partial charge in [-0.3, -0.25) is 4.79 Å². The first-order chi connectivity index (χ1) is 8.64. The Morgan fingerprint density at radius 1 is 0.833 bits per heavy atom. The summed E-state index contributed by atoms with van der Waals surface area (Å²) in [4.78, 5) is 11.2. The minimum Gasteiger partial charge on any atom is -0.466 e. The number of hydrogen-bond donors (Lipinski definition) is 0. The molecule has 0 aliphatic rings. The summed E-state index contributed by atoms with van der Waals surface area (Å²) in [6.45, 7) is 9.13. The van der Waals surface area contributed by atoms with Crippen molar-refractivity contribution in [1.82, 2.24) is 0 Å². The molecule has 0 fully saturated rings. The summed E-state index contributed by atoms with van der Waals surface area (Å²) in [6.07, 6.45) is 0.163. The molecular weight excluding hydrogens is 256 g/mol. The highest BCUT2D eigenvalue weighted by Gasteiger charge is 2.44. The smallest absolute Gasteiger partial charge is 0.466 e. The van der Waals surface area contributed by atoms with E-state index in [0.717, 1.165) is 0 Å². The van der Waals surface area contributed by atoms with Gasteiger partial charge in [-0.15, -0.1) is 0 Å². The second kappa shape index (κ2) is 10.4. The Morgan fingerprint density at radius 3 is 1.72 bits per heavy atom. The van der Waals surface area contributed by atoms with Crippen LogP contribution in [0.5, 0.6) is 0 Å². The monoisotopic (exact) mass is 280 g/mol. The molecule has 0 heterocycles. The van der Waals surface area contributed by atoms with E-state index in [2.05, 4.69) is 0 Å². The lowest BCUT2D eigenvalue weighted by Gasteiger charge is -2.26. The molecule has 0 aliphatic heterocycles. The van der Waals surface area contributed by atoms with Gasteiger partial charge in [-0.1, -0.05) is 0 Å². The van der Waals surface area contributed by atoms with E-state index in [1.165, 1.54) is 0 Å². The maximum Gasteiger partial charge on any atom is 0.679 e. The van der Waals surface area contributed by atoms with Crippen molar-refractivity contribution in [1.29, 1.82) is 0 Å². The first-order valence-corrected chi connectivity index (χ1v) is 7.98. The molecule has 0 bridgehead atoms. The van der Waals surface area contributed by atoms with E-state index in [-0.39, 0.29) is 19.0 Å². The Hall–Kier alpha value is -0.473. The van der Waals surface area contributed by atoms with Gasteiger partial charge in [-0.25, -0.2) is 0 Å². The average molecular weight is 280 g/mol. The fourth-order valence-electron chi connectivity index (χ4n) is 1.27. The Labute approximate surface area is 110 Å². The Balaban J connectivity index is 4.24. The van der Waals surface area contributed by atoms with E-state index in [9.17, 15) is 4.79 Å². The second-order valence-corrected chi connectivity index (χ2v) is 5.36. The topological polar surface area (TPSA) is 63.2 Å². The number of hydrogen-bond acceptors (Lipinski definition) is 6. The number of ether oxygens (including phenoxy) is 1. The van der Waals surface area contributed by atoms with Crippen LogP contribution in [0.4, 0.5) is 0 Å². The molecule has 0 N–H and O–H groups in total. The zero-order chi connectivity index (χ0) is 13.9. The van der Waals surface area contributed by atoms with Crippen molar-refractivity contribution in [2.75, 3.05) is 33.0 Å². The third-order valence-electron chi connectivity index (χ3n) is 1.85. The molecule has 0 spiro atoms. The predicted octanol–water partition coefficient (Wildman–Crippen LogP) is 1.50. The molecule has 0 radical (unpaired) electrons. The molecule has 0 aromatic rings. The minimum atomic E-state index is -3.09. The molecule has 18 heavy (non-hydrogen) atoms. The van der Waals surface area contributed by atoms with E-state index >= 15 is 0 Å². The summed E-state index contributed by atoms with van der Waals surface area (Å²) in [7, 11) is -3.09. The van der Waals surface area contributed by atoms with Gasteiger partial charge in [0, 0.05) is 19.8 Å². The van der Waals surface area contributed by atoms with Crippen LogP contribution in [-0.4, -0.2) is 48.1 Å². The van der Waals surface area contributed by atoms with E-state index < -0.39 is 9.05 Å². The predicted molar refractivity (Wildman–Crippen MR) is 67.8 cm³/mol. The van der Waals surface area contributed by atoms with Crippen molar-refractivity contribution in [3.8, 4) is 0 Å². The van der Waals surface area contributed by atoms with E-state index in [4.69, 9.17) is 22.4 Å². The van der Waals surface area contributed by atoms with Crippen LogP contribution in [0.3, 0.4) is 0 Å². The molecule has 0 saturated heterocycles. The lowest BCUT2D eigenvalue weighted by atomic mass is 10.5. The van der Waals surface area contributed by atoms with Gasteiger partial charge in [0.05, 0.1) is 19.6 Å². The normalized spacial score (nSPS) is 11.6. The van der Waals surface area contributed by atoms with Crippen LogP contribution in [-0.2, 0) is 27.2 Å². The fourth-order valence-corrected chi connectivity index (χ4v) is 3.19. The summed E-state index contributed by atoms with van der Waals surface area (Å²) >= 11 is 0. The first-order valence-electron chi connectivity index (χ1n) is 6.35. The summed E-state index contributed by atoms with van der Waals surface area (Å²) < 4.78 is 26.8. The van der Waals surface area contributed by atoms with Crippen LogP contribution < -0.4 is 0 Å². The van der Waals surface area contributed by atoms with Gasteiger partial charge in [-0.2, -0.15) is 0 Å². The van der Waals surface area contributed by atoms with Gasteiger partial charge >= 0.3 is 15.0 Å². The maximum absolute atomic E-state index is 11.2. The van der Waals surface area contributed by atoms with Crippen molar-refractivity contribution in [3.05, 3.63) is 0 Å². The molecule has 108 valence electrons. The largest absolute Gasteiger partial charge is 0.679 e. The van der Waals surface area contributed by atoms with Gasteiger partial charge in [0.15, 0.2) is 0 Å². The van der Waals surface area contributed by atoms with Crippen LogP contribution in [0.2, 0.25) is 0 Å². The number of rotatable bonds is 11. The molecular formula is C11H24O6Si. The third-order valence-corrected chi connectivity index (χ3v) is 4.34. The van der Waals surface area contributed by atoms with E-state index in [0.29, 0.717) is 26.4 Å². The molecule has 0 amide bonds. The van der Waals surface area contributed by atoms with Crippen molar-refractivity contribution in [2.24, 2.45) is 0 Å². The number of esters is 1. The van der Waals surface area contributed by atoms with Crippen molar-refractivity contribution >= 4 is 15.0 Å². The molecule has 0 rings (SSSR count). The second-order valence-electron chi connectivity index (χ2n) is 3.20. The standard InChI is InChI=1S/C11H24O6Si/c1-5-13-11(12)9-10-17-18(14-6-2,15-7-3)16-8-4/h5-10H2,1-4H3. The molecule has 0 unspecified atom stereocenters. The third kappa shape index (κ3) is 7.07. The maximum atomic E-state index is 11.2. The molecule has 0 aliphatic carbocycles. The molecule has 0 atom stereocenters. The van der Waals surface area contributed by atoms with Crippen LogP contribution in [0.25, 0.3) is 0 Å². The fraction of sp³-hybridized carbons (Fsp3) is 0.909. The Kier molecular flexibility index (Phi) is 10.2. The van der Waals surface area contributed by atoms with Gasteiger partial charge in [0.25, 0.3) is 0 Å². The van der Waals surface area contributed by atoms with Crippen LogP contribution >= 0.6 is 0 Å². The van der Waals surface area contributed by atoms with Crippen LogP contribution in [0.15, 0.2) is 0 Å². The average Bonchev–Trinajstić information content (AvgIpc) is 2.30. The Bertz CT molecular complexity index is 207. The van der Waals surface area contributed by atoms with Gasteiger partial charge < -0.3 is 22.4 Å². The van der Waals surface area contributed by atoms with Crippen molar-refractivity contribution < 1.29 is 27.2 Å². The summed E-state index contributed by atoms with van der Waals surface area (Å²) in [6, 6.07) is 0. The Morgan fingerprint density at radius 2 is 1.33 bits per heavy atom. The zero-order valence-corrected chi connectivity index (χ0v) is 12.7. The van der Waals surface area contributed by atoms with Gasteiger partial charge in [-0.05, 0) is 27.7 Å². The number of carbonyl (C=O) groups excluding carboxylic acids is 1. The molecule has 0 saturated carbocycles. The van der Waals surface area contributed by atoms with Crippen molar-refractivity contribution in [3.63, 3.8) is 0 Å². The van der Waals surface area contributed by atoms with Crippen LogP contribution in [0, 0.1) is 0 Å². The van der Waals surface area contributed by atoms with Gasteiger partial charge in [0.1, 0.15) is 0 Å². The van der Waals surface area contributed by atoms with E-state index in [1.807, 2.05) is 20.8 Å².